The third kappa shape index (κ3) is 3.87. The minimum absolute atomic E-state index is 0.0592. The van der Waals surface area contributed by atoms with Gasteiger partial charge in [-0.2, -0.15) is 0 Å². The van der Waals surface area contributed by atoms with Crippen LogP contribution in [-0.2, 0) is 0 Å². The fourth-order valence-electron chi connectivity index (χ4n) is 3.73. The molecule has 2 N–H and O–H groups in total. The summed E-state index contributed by atoms with van der Waals surface area (Å²) < 4.78 is 0. The van der Waals surface area contributed by atoms with Gasteiger partial charge in [0.1, 0.15) is 0 Å². The van der Waals surface area contributed by atoms with Gasteiger partial charge in [-0.25, -0.2) is 4.79 Å². The minimum Gasteiger partial charge on any atom is -0.393 e. The highest BCUT2D eigenvalue weighted by atomic mass is 16.3. The van der Waals surface area contributed by atoms with Gasteiger partial charge in [0.2, 0.25) is 0 Å². The quantitative estimate of drug-likeness (QED) is 0.833. The first-order valence-corrected chi connectivity index (χ1v) is 8.17. The SMILES string of the molecule is CC(C)C1CCCCC1NC(=O)N(C)CC1CC(O)C1. The molecule has 0 aromatic carbocycles. The standard InChI is InChI=1S/C16H30N2O2/c1-11(2)14-6-4-5-7-15(14)17-16(20)18(3)10-12-8-13(19)9-12/h11-15,19H,4-10H2,1-3H3,(H,17,20). The van der Waals surface area contributed by atoms with Crippen molar-refractivity contribution in [2.45, 2.75) is 64.5 Å². The molecule has 2 atom stereocenters. The summed E-state index contributed by atoms with van der Waals surface area (Å²) in [5.41, 5.74) is 0. The fourth-order valence-corrected chi connectivity index (χ4v) is 3.73. The number of amides is 2. The van der Waals surface area contributed by atoms with Crippen LogP contribution in [0.5, 0.6) is 0 Å². The third-order valence-electron chi connectivity index (χ3n) is 5.07. The Labute approximate surface area is 122 Å². The van der Waals surface area contributed by atoms with Crippen molar-refractivity contribution in [3.63, 3.8) is 0 Å². The largest absolute Gasteiger partial charge is 0.393 e. The molecule has 2 rings (SSSR count). The Morgan fingerprint density at radius 2 is 1.95 bits per heavy atom. The molecule has 0 aromatic heterocycles. The maximum Gasteiger partial charge on any atom is 0.317 e. The first-order chi connectivity index (χ1) is 9.47. The van der Waals surface area contributed by atoms with Crippen LogP contribution in [0.2, 0.25) is 0 Å². The number of carbonyl (C=O) groups is 1. The van der Waals surface area contributed by atoms with Gasteiger partial charge in [-0.05, 0) is 43.4 Å². The summed E-state index contributed by atoms with van der Waals surface area (Å²) in [7, 11) is 1.87. The summed E-state index contributed by atoms with van der Waals surface area (Å²) in [6.07, 6.45) is 6.43. The van der Waals surface area contributed by atoms with E-state index in [2.05, 4.69) is 19.2 Å². The Hall–Kier alpha value is -0.770. The lowest BCUT2D eigenvalue weighted by molar-refractivity contribution is 0.0320. The van der Waals surface area contributed by atoms with Crippen LogP contribution < -0.4 is 5.32 Å². The fraction of sp³-hybridized carbons (Fsp3) is 0.938. The number of aliphatic hydroxyl groups excluding tert-OH is 1. The number of nitrogens with zero attached hydrogens (tertiary/aromatic N) is 1. The molecule has 4 heteroatoms. The second kappa shape index (κ2) is 6.79. The van der Waals surface area contributed by atoms with E-state index < -0.39 is 0 Å². The second-order valence-electron chi connectivity index (χ2n) is 7.12. The van der Waals surface area contributed by atoms with E-state index in [0.29, 0.717) is 23.8 Å². The summed E-state index contributed by atoms with van der Waals surface area (Å²) >= 11 is 0. The van der Waals surface area contributed by atoms with E-state index in [9.17, 15) is 9.90 Å². The molecule has 116 valence electrons. The van der Waals surface area contributed by atoms with Crippen molar-refractivity contribution in [1.82, 2.24) is 10.2 Å². The number of nitrogens with one attached hydrogen (secondary N) is 1. The van der Waals surface area contributed by atoms with Gasteiger partial charge in [0.25, 0.3) is 0 Å². The zero-order chi connectivity index (χ0) is 14.7. The molecule has 2 aliphatic carbocycles. The lowest BCUT2D eigenvalue weighted by Crippen LogP contribution is -2.50. The Morgan fingerprint density at radius 3 is 2.55 bits per heavy atom. The van der Waals surface area contributed by atoms with Gasteiger partial charge in [-0.1, -0.05) is 26.7 Å². The molecule has 0 radical (unpaired) electrons. The van der Waals surface area contributed by atoms with Crippen LogP contribution in [-0.4, -0.2) is 41.8 Å². The van der Waals surface area contributed by atoms with E-state index in [1.807, 2.05) is 7.05 Å². The smallest absolute Gasteiger partial charge is 0.317 e. The van der Waals surface area contributed by atoms with Crippen LogP contribution in [0.3, 0.4) is 0 Å². The average molecular weight is 282 g/mol. The van der Waals surface area contributed by atoms with Crippen molar-refractivity contribution in [3.05, 3.63) is 0 Å². The summed E-state index contributed by atoms with van der Waals surface area (Å²) in [4.78, 5) is 14.1. The zero-order valence-electron chi connectivity index (χ0n) is 13.1. The summed E-state index contributed by atoms with van der Waals surface area (Å²) in [6.45, 7) is 5.28. The Balaban J connectivity index is 1.79. The zero-order valence-corrected chi connectivity index (χ0v) is 13.1. The van der Waals surface area contributed by atoms with Gasteiger partial charge < -0.3 is 15.3 Å². The number of hydrogen-bond acceptors (Lipinski definition) is 2. The lowest BCUT2D eigenvalue weighted by atomic mass is 9.78. The van der Waals surface area contributed by atoms with E-state index >= 15 is 0 Å². The minimum atomic E-state index is -0.139. The third-order valence-corrected chi connectivity index (χ3v) is 5.07. The van der Waals surface area contributed by atoms with Crippen LogP contribution in [0.1, 0.15) is 52.4 Å². The molecule has 0 bridgehead atoms. The summed E-state index contributed by atoms with van der Waals surface area (Å²) in [5.74, 6) is 1.73. The molecular weight excluding hydrogens is 252 g/mol. The molecule has 2 aliphatic rings. The van der Waals surface area contributed by atoms with Crippen molar-refractivity contribution >= 4 is 6.03 Å². The van der Waals surface area contributed by atoms with E-state index in [-0.39, 0.29) is 12.1 Å². The van der Waals surface area contributed by atoms with Gasteiger partial charge >= 0.3 is 6.03 Å². The van der Waals surface area contributed by atoms with E-state index in [1.54, 1.807) is 4.90 Å². The van der Waals surface area contributed by atoms with Crippen molar-refractivity contribution in [2.24, 2.45) is 17.8 Å². The monoisotopic (exact) mass is 282 g/mol. The topological polar surface area (TPSA) is 52.6 Å². The van der Waals surface area contributed by atoms with Crippen molar-refractivity contribution in [1.29, 1.82) is 0 Å². The summed E-state index contributed by atoms with van der Waals surface area (Å²) in [6, 6.07) is 0.398. The number of rotatable bonds is 4. The van der Waals surface area contributed by atoms with Crippen LogP contribution in [0, 0.1) is 17.8 Å². The molecule has 2 amide bonds. The normalized spacial score (nSPS) is 33.6. The average Bonchev–Trinajstić information content (AvgIpc) is 2.37. The van der Waals surface area contributed by atoms with E-state index in [0.717, 1.165) is 25.8 Å². The Kier molecular flexibility index (Phi) is 5.30. The molecule has 4 nitrogen and oxygen atoms in total. The first kappa shape index (κ1) is 15.6. The Morgan fingerprint density at radius 1 is 1.30 bits per heavy atom. The van der Waals surface area contributed by atoms with E-state index in [4.69, 9.17) is 0 Å². The van der Waals surface area contributed by atoms with Crippen molar-refractivity contribution < 1.29 is 9.90 Å². The highest BCUT2D eigenvalue weighted by Gasteiger charge is 2.32. The summed E-state index contributed by atoms with van der Waals surface area (Å²) in [5, 5.41) is 12.5. The first-order valence-electron chi connectivity index (χ1n) is 8.17. The van der Waals surface area contributed by atoms with Crippen molar-refractivity contribution in [3.8, 4) is 0 Å². The number of aliphatic hydroxyl groups is 1. The van der Waals surface area contributed by atoms with Crippen LogP contribution in [0.25, 0.3) is 0 Å². The molecule has 2 unspecified atom stereocenters. The number of carbonyl (C=O) groups excluding carboxylic acids is 1. The maximum atomic E-state index is 12.3. The predicted molar refractivity (Wildman–Crippen MR) is 80.5 cm³/mol. The lowest BCUT2D eigenvalue weighted by Gasteiger charge is -2.38. The van der Waals surface area contributed by atoms with Crippen LogP contribution in [0.4, 0.5) is 4.79 Å². The molecular formula is C16H30N2O2. The van der Waals surface area contributed by atoms with Gasteiger partial charge in [0.05, 0.1) is 6.10 Å². The molecule has 2 saturated carbocycles. The number of hydrogen-bond donors (Lipinski definition) is 2. The molecule has 20 heavy (non-hydrogen) atoms. The van der Waals surface area contributed by atoms with Gasteiger partial charge in [0, 0.05) is 19.6 Å². The molecule has 0 aliphatic heterocycles. The number of urea groups is 1. The van der Waals surface area contributed by atoms with Crippen molar-refractivity contribution in [2.75, 3.05) is 13.6 Å². The predicted octanol–water partition coefficient (Wildman–Crippen LogP) is 2.61. The molecule has 2 fully saturated rings. The molecule has 0 saturated heterocycles. The van der Waals surface area contributed by atoms with Gasteiger partial charge in [-0.15, -0.1) is 0 Å². The molecule has 0 spiro atoms. The highest BCUT2D eigenvalue weighted by molar-refractivity contribution is 5.74. The van der Waals surface area contributed by atoms with Crippen LogP contribution in [0.15, 0.2) is 0 Å². The molecule has 0 aromatic rings. The second-order valence-corrected chi connectivity index (χ2v) is 7.12. The van der Waals surface area contributed by atoms with Gasteiger partial charge in [-0.3, -0.25) is 0 Å². The van der Waals surface area contributed by atoms with Crippen LogP contribution >= 0.6 is 0 Å². The highest BCUT2D eigenvalue weighted by Crippen LogP contribution is 2.31. The molecule has 0 heterocycles. The van der Waals surface area contributed by atoms with Gasteiger partial charge in [0.15, 0.2) is 0 Å². The Bertz CT molecular complexity index is 326. The maximum absolute atomic E-state index is 12.3. The van der Waals surface area contributed by atoms with E-state index in [1.165, 1.54) is 19.3 Å².